The highest BCUT2D eigenvalue weighted by atomic mass is 16.5. The predicted octanol–water partition coefficient (Wildman–Crippen LogP) is 3.44. The van der Waals surface area contributed by atoms with E-state index in [1.54, 1.807) is 31.4 Å². The van der Waals surface area contributed by atoms with Crippen molar-refractivity contribution < 1.29 is 9.53 Å². The zero-order chi connectivity index (χ0) is 14.8. The molecule has 0 amide bonds. The van der Waals surface area contributed by atoms with Gasteiger partial charge in [-0.15, -0.1) is 0 Å². The van der Waals surface area contributed by atoms with Gasteiger partial charge in [-0.25, -0.2) is 0 Å². The Labute approximate surface area is 119 Å². The number of hydrogen-bond acceptors (Lipinski definition) is 3. The van der Waals surface area contributed by atoms with Gasteiger partial charge >= 0.3 is 0 Å². The van der Waals surface area contributed by atoms with Gasteiger partial charge in [0.2, 0.25) is 0 Å². The number of carbonyl (C=O) groups is 1. The summed E-state index contributed by atoms with van der Waals surface area (Å²) in [5, 5.41) is 0. The van der Waals surface area contributed by atoms with Crippen LogP contribution in [0.1, 0.15) is 29.8 Å². The third-order valence-electron chi connectivity index (χ3n) is 3.55. The van der Waals surface area contributed by atoms with Crippen molar-refractivity contribution in [3.05, 3.63) is 59.7 Å². The van der Waals surface area contributed by atoms with Crippen LogP contribution < -0.4 is 10.5 Å². The van der Waals surface area contributed by atoms with E-state index in [9.17, 15) is 4.79 Å². The fourth-order valence-corrected chi connectivity index (χ4v) is 2.13. The minimum Gasteiger partial charge on any atom is -0.497 e. The van der Waals surface area contributed by atoms with Crippen LogP contribution in [0.5, 0.6) is 5.75 Å². The molecule has 2 aromatic rings. The number of carbonyl (C=O) groups excluding carboxylic acids is 1. The summed E-state index contributed by atoms with van der Waals surface area (Å²) >= 11 is 0. The van der Waals surface area contributed by atoms with Crippen LogP contribution in [-0.2, 0) is 5.41 Å². The van der Waals surface area contributed by atoms with Crippen LogP contribution >= 0.6 is 0 Å². The van der Waals surface area contributed by atoms with E-state index in [1.807, 2.05) is 38.1 Å². The molecule has 0 radical (unpaired) electrons. The molecule has 0 heterocycles. The summed E-state index contributed by atoms with van der Waals surface area (Å²) < 4.78 is 5.11. The third kappa shape index (κ3) is 2.67. The number of methoxy groups -OCH3 is 1. The summed E-state index contributed by atoms with van der Waals surface area (Å²) in [5.74, 6) is 0.816. The van der Waals surface area contributed by atoms with Crippen LogP contribution in [0.4, 0.5) is 5.69 Å². The molecule has 2 N–H and O–H groups in total. The first-order valence-corrected chi connectivity index (χ1v) is 6.50. The number of benzene rings is 2. The summed E-state index contributed by atoms with van der Waals surface area (Å²) in [6, 6.07) is 14.6. The van der Waals surface area contributed by atoms with E-state index in [1.165, 1.54) is 0 Å². The molecule has 20 heavy (non-hydrogen) atoms. The van der Waals surface area contributed by atoms with E-state index in [2.05, 4.69) is 0 Å². The second kappa shape index (κ2) is 5.37. The van der Waals surface area contributed by atoms with Crippen molar-refractivity contribution in [1.82, 2.24) is 0 Å². The highest BCUT2D eigenvalue weighted by Gasteiger charge is 2.30. The van der Waals surface area contributed by atoms with Crippen molar-refractivity contribution in [3.63, 3.8) is 0 Å². The second-order valence-corrected chi connectivity index (χ2v) is 5.30. The largest absolute Gasteiger partial charge is 0.497 e. The maximum absolute atomic E-state index is 12.7. The molecular weight excluding hydrogens is 250 g/mol. The van der Waals surface area contributed by atoms with E-state index in [0.717, 1.165) is 11.3 Å². The number of ketones is 1. The Kier molecular flexibility index (Phi) is 3.79. The maximum Gasteiger partial charge on any atom is 0.172 e. The fraction of sp³-hybridized carbons (Fsp3) is 0.235. The summed E-state index contributed by atoms with van der Waals surface area (Å²) in [4.78, 5) is 12.7. The SMILES string of the molecule is COc1ccc(C(=O)C(C)(C)c2ccc(N)cc2)cc1. The zero-order valence-electron chi connectivity index (χ0n) is 12.0. The van der Waals surface area contributed by atoms with Crippen LogP contribution in [-0.4, -0.2) is 12.9 Å². The Morgan fingerprint density at radius 3 is 2.05 bits per heavy atom. The van der Waals surface area contributed by atoms with Crippen LogP contribution in [0.25, 0.3) is 0 Å². The lowest BCUT2D eigenvalue weighted by Gasteiger charge is -2.24. The maximum atomic E-state index is 12.7. The van der Waals surface area contributed by atoms with Crippen LogP contribution in [0.15, 0.2) is 48.5 Å². The Hall–Kier alpha value is -2.29. The summed E-state index contributed by atoms with van der Waals surface area (Å²) in [6.45, 7) is 3.84. The van der Waals surface area contributed by atoms with E-state index < -0.39 is 5.41 Å². The van der Waals surface area contributed by atoms with Gasteiger partial charge in [0.05, 0.1) is 12.5 Å². The van der Waals surface area contributed by atoms with Crippen molar-refractivity contribution in [1.29, 1.82) is 0 Å². The molecule has 3 heteroatoms. The number of rotatable bonds is 4. The molecule has 0 aliphatic heterocycles. The molecule has 0 aromatic heterocycles. The lowest BCUT2D eigenvalue weighted by molar-refractivity contribution is 0.0908. The molecule has 0 aliphatic rings. The first-order chi connectivity index (χ1) is 9.45. The minimum atomic E-state index is -0.595. The number of Topliss-reactive ketones (excluding diaryl/α,β-unsaturated/α-hetero) is 1. The number of ether oxygens (including phenoxy) is 1. The smallest absolute Gasteiger partial charge is 0.172 e. The number of anilines is 1. The van der Waals surface area contributed by atoms with Gasteiger partial charge in [-0.3, -0.25) is 4.79 Å². The molecule has 0 spiro atoms. The van der Waals surface area contributed by atoms with Gasteiger partial charge < -0.3 is 10.5 Å². The molecule has 104 valence electrons. The molecule has 0 saturated heterocycles. The predicted molar refractivity (Wildman–Crippen MR) is 81.2 cm³/mol. The normalized spacial score (nSPS) is 11.2. The molecule has 0 fully saturated rings. The molecule has 0 saturated carbocycles. The van der Waals surface area contributed by atoms with Crippen LogP contribution in [0, 0.1) is 0 Å². The van der Waals surface area contributed by atoms with Gasteiger partial charge in [-0.05, 0) is 55.8 Å². The van der Waals surface area contributed by atoms with Crippen LogP contribution in [0.3, 0.4) is 0 Å². The van der Waals surface area contributed by atoms with Gasteiger partial charge in [0.15, 0.2) is 5.78 Å². The van der Waals surface area contributed by atoms with Gasteiger partial charge in [-0.1, -0.05) is 12.1 Å². The monoisotopic (exact) mass is 269 g/mol. The zero-order valence-corrected chi connectivity index (χ0v) is 12.0. The quantitative estimate of drug-likeness (QED) is 0.683. The topological polar surface area (TPSA) is 52.3 Å². The van der Waals surface area contributed by atoms with Crippen molar-refractivity contribution in [2.75, 3.05) is 12.8 Å². The minimum absolute atomic E-state index is 0.0740. The fourth-order valence-electron chi connectivity index (χ4n) is 2.13. The van der Waals surface area contributed by atoms with Gasteiger partial charge in [-0.2, -0.15) is 0 Å². The van der Waals surface area contributed by atoms with E-state index >= 15 is 0 Å². The Balaban J connectivity index is 2.32. The first kappa shape index (κ1) is 14.1. The molecule has 2 aromatic carbocycles. The molecule has 3 nitrogen and oxygen atoms in total. The van der Waals surface area contributed by atoms with Crippen molar-refractivity contribution >= 4 is 11.5 Å². The summed E-state index contributed by atoms with van der Waals surface area (Å²) in [6.07, 6.45) is 0. The number of hydrogen-bond donors (Lipinski definition) is 1. The second-order valence-electron chi connectivity index (χ2n) is 5.30. The van der Waals surface area contributed by atoms with Gasteiger partial charge in [0.25, 0.3) is 0 Å². The molecule has 0 atom stereocenters. The Bertz CT molecular complexity index is 598. The highest BCUT2D eigenvalue weighted by molar-refractivity contribution is 6.03. The van der Waals surface area contributed by atoms with E-state index in [4.69, 9.17) is 10.5 Å². The van der Waals surface area contributed by atoms with Gasteiger partial charge in [0.1, 0.15) is 5.75 Å². The average molecular weight is 269 g/mol. The summed E-state index contributed by atoms with van der Waals surface area (Å²) in [7, 11) is 1.61. The van der Waals surface area contributed by atoms with Crippen molar-refractivity contribution in [3.8, 4) is 5.75 Å². The molecule has 0 aliphatic carbocycles. The Morgan fingerprint density at radius 2 is 1.55 bits per heavy atom. The van der Waals surface area contributed by atoms with E-state index in [0.29, 0.717) is 11.3 Å². The summed E-state index contributed by atoms with van der Waals surface area (Å²) in [5.41, 5.74) is 7.42. The molecule has 0 unspecified atom stereocenters. The van der Waals surface area contributed by atoms with Crippen molar-refractivity contribution in [2.24, 2.45) is 0 Å². The lowest BCUT2D eigenvalue weighted by Crippen LogP contribution is -2.29. The standard InChI is InChI=1S/C17H19NO2/c1-17(2,13-6-8-14(18)9-7-13)16(19)12-4-10-15(20-3)11-5-12/h4-11H,18H2,1-3H3. The van der Waals surface area contributed by atoms with Crippen molar-refractivity contribution in [2.45, 2.75) is 19.3 Å². The molecule has 0 bridgehead atoms. The van der Waals surface area contributed by atoms with Gasteiger partial charge in [0, 0.05) is 11.3 Å². The lowest BCUT2D eigenvalue weighted by atomic mass is 9.78. The Morgan fingerprint density at radius 1 is 1.00 bits per heavy atom. The van der Waals surface area contributed by atoms with Crippen LogP contribution in [0.2, 0.25) is 0 Å². The molecular formula is C17H19NO2. The number of nitrogen functional groups attached to an aromatic ring is 1. The van der Waals surface area contributed by atoms with E-state index in [-0.39, 0.29) is 5.78 Å². The average Bonchev–Trinajstić information content (AvgIpc) is 2.47. The third-order valence-corrected chi connectivity index (χ3v) is 3.55. The highest BCUT2D eigenvalue weighted by Crippen LogP contribution is 2.29. The molecule has 2 rings (SSSR count). The first-order valence-electron chi connectivity index (χ1n) is 6.50. The number of nitrogens with two attached hydrogens (primary N) is 1.